The number of rotatable bonds is 7. The summed E-state index contributed by atoms with van der Waals surface area (Å²) in [6.07, 6.45) is 2.58. The molecule has 0 aliphatic carbocycles. The Hall–Kier alpha value is -3.99. The predicted octanol–water partition coefficient (Wildman–Crippen LogP) is 5.45. The zero-order chi connectivity index (χ0) is 21.5. The van der Waals surface area contributed by atoms with Gasteiger partial charge < -0.3 is 4.74 Å². The van der Waals surface area contributed by atoms with Crippen molar-refractivity contribution in [2.45, 2.75) is 13.3 Å². The third-order valence-electron chi connectivity index (χ3n) is 4.76. The van der Waals surface area contributed by atoms with Gasteiger partial charge in [-0.15, -0.1) is 0 Å². The number of benzene rings is 3. The minimum Gasteiger partial charge on any atom is -0.494 e. The Bertz CT molecular complexity index is 1200. The van der Waals surface area contributed by atoms with Gasteiger partial charge in [-0.05, 0) is 48.4 Å². The summed E-state index contributed by atoms with van der Waals surface area (Å²) in [4.78, 5) is 17.6. The number of pyridine rings is 1. The van der Waals surface area contributed by atoms with E-state index in [9.17, 15) is 4.79 Å². The average molecular weight is 409 g/mol. The number of nitrogens with one attached hydrogen (secondary N) is 1. The van der Waals surface area contributed by atoms with Crippen LogP contribution < -0.4 is 10.2 Å². The largest absolute Gasteiger partial charge is 0.494 e. The number of carbonyl (C=O) groups is 1. The Morgan fingerprint density at radius 3 is 2.52 bits per heavy atom. The van der Waals surface area contributed by atoms with Crippen molar-refractivity contribution < 1.29 is 9.53 Å². The molecule has 0 radical (unpaired) electrons. The van der Waals surface area contributed by atoms with Crippen molar-refractivity contribution in [3.8, 4) is 17.0 Å². The molecular formula is C26H23N3O2. The van der Waals surface area contributed by atoms with Gasteiger partial charge >= 0.3 is 0 Å². The van der Waals surface area contributed by atoms with Crippen molar-refractivity contribution in [2.75, 3.05) is 6.61 Å². The number of nitrogens with zero attached hydrogens (tertiary/aromatic N) is 2. The number of amides is 1. The van der Waals surface area contributed by atoms with Crippen molar-refractivity contribution in [1.29, 1.82) is 0 Å². The van der Waals surface area contributed by atoms with Gasteiger partial charge in [-0.2, -0.15) is 5.10 Å². The average Bonchev–Trinajstić information content (AvgIpc) is 2.83. The van der Waals surface area contributed by atoms with Gasteiger partial charge in [0, 0.05) is 10.9 Å². The van der Waals surface area contributed by atoms with Gasteiger partial charge in [0.1, 0.15) is 5.75 Å². The minimum atomic E-state index is -0.282. The third kappa shape index (κ3) is 4.95. The molecule has 1 amide bonds. The lowest BCUT2D eigenvalue weighted by atomic mass is 10.0. The molecule has 4 aromatic rings. The third-order valence-corrected chi connectivity index (χ3v) is 4.76. The van der Waals surface area contributed by atoms with Crippen LogP contribution in [0.15, 0.2) is 90.0 Å². The lowest BCUT2D eigenvalue weighted by molar-refractivity contribution is 0.0956. The first kappa shape index (κ1) is 20.3. The van der Waals surface area contributed by atoms with Crippen LogP contribution in [-0.4, -0.2) is 23.7 Å². The number of fused-ring (bicyclic) bond motifs is 1. The van der Waals surface area contributed by atoms with E-state index in [0.29, 0.717) is 12.2 Å². The molecule has 0 bridgehead atoms. The Labute approximate surface area is 181 Å². The van der Waals surface area contributed by atoms with Crippen LogP contribution in [0, 0.1) is 0 Å². The van der Waals surface area contributed by atoms with Gasteiger partial charge in [-0.25, -0.2) is 10.4 Å². The maximum absolute atomic E-state index is 12.9. The van der Waals surface area contributed by atoms with Crippen molar-refractivity contribution in [1.82, 2.24) is 10.4 Å². The zero-order valence-electron chi connectivity index (χ0n) is 17.3. The molecule has 5 heteroatoms. The van der Waals surface area contributed by atoms with Crippen LogP contribution in [0.25, 0.3) is 22.2 Å². The highest BCUT2D eigenvalue weighted by molar-refractivity contribution is 6.07. The molecule has 1 heterocycles. The van der Waals surface area contributed by atoms with Gasteiger partial charge in [-0.1, -0.05) is 55.5 Å². The van der Waals surface area contributed by atoms with Crippen LogP contribution in [0.4, 0.5) is 0 Å². The minimum absolute atomic E-state index is 0.282. The van der Waals surface area contributed by atoms with E-state index in [-0.39, 0.29) is 5.91 Å². The monoisotopic (exact) mass is 409 g/mol. The van der Waals surface area contributed by atoms with E-state index >= 15 is 0 Å². The van der Waals surface area contributed by atoms with Gasteiger partial charge in [0.2, 0.25) is 0 Å². The fourth-order valence-electron chi connectivity index (χ4n) is 3.22. The Balaban J connectivity index is 1.55. The molecule has 0 saturated heterocycles. The summed E-state index contributed by atoms with van der Waals surface area (Å²) in [5.74, 6) is 0.537. The molecule has 0 aliphatic rings. The van der Waals surface area contributed by atoms with E-state index in [1.165, 1.54) is 0 Å². The maximum Gasteiger partial charge on any atom is 0.272 e. The van der Waals surface area contributed by atoms with E-state index in [1.807, 2.05) is 84.9 Å². The van der Waals surface area contributed by atoms with Gasteiger partial charge in [0.25, 0.3) is 5.91 Å². The van der Waals surface area contributed by atoms with Crippen molar-refractivity contribution >= 4 is 23.0 Å². The molecule has 3 aromatic carbocycles. The highest BCUT2D eigenvalue weighted by Gasteiger charge is 2.13. The quantitative estimate of drug-likeness (QED) is 0.326. The molecule has 0 unspecified atom stereocenters. The van der Waals surface area contributed by atoms with Crippen LogP contribution in [-0.2, 0) is 0 Å². The molecule has 1 aromatic heterocycles. The van der Waals surface area contributed by atoms with Crippen LogP contribution in [0.1, 0.15) is 29.3 Å². The summed E-state index contributed by atoms with van der Waals surface area (Å²) < 4.78 is 5.58. The number of ether oxygens (including phenoxy) is 1. The second-order valence-electron chi connectivity index (χ2n) is 7.05. The summed E-state index contributed by atoms with van der Waals surface area (Å²) in [6.45, 7) is 2.76. The fourth-order valence-corrected chi connectivity index (χ4v) is 3.22. The molecule has 1 N–H and O–H groups in total. The van der Waals surface area contributed by atoms with Crippen LogP contribution in [0.3, 0.4) is 0 Å². The smallest absolute Gasteiger partial charge is 0.272 e. The number of para-hydroxylation sites is 1. The SMILES string of the molecule is CCCOc1ccc(C=NNC(=O)c2cc(-c3ccccc3)nc3ccccc23)cc1. The molecule has 0 spiro atoms. The molecule has 0 atom stereocenters. The van der Waals surface area contributed by atoms with E-state index in [1.54, 1.807) is 6.21 Å². The molecule has 0 fully saturated rings. The molecule has 0 saturated carbocycles. The number of hydrogen-bond acceptors (Lipinski definition) is 4. The lowest BCUT2D eigenvalue weighted by Gasteiger charge is -2.09. The number of carbonyl (C=O) groups excluding carboxylic acids is 1. The van der Waals surface area contributed by atoms with Crippen LogP contribution in [0.2, 0.25) is 0 Å². The topological polar surface area (TPSA) is 63.6 Å². The Morgan fingerprint density at radius 2 is 1.74 bits per heavy atom. The zero-order valence-corrected chi connectivity index (χ0v) is 17.3. The fraction of sp³-hybridized carbons (Fsp3) is 0.115. The van der Waals surface area contributed by atoms with Crippen LogP contribution in [0.5, 0.6) is 5.75 Å². The summed E-state index contributed by atoms with van der Waals surface area (Å²) in [5.41, 5.74) is 6.51. The molecule has 0 aliphatic heterocycles. The maximum atomic E-state index is 12.9. The summed E-state index contributed by atoms with van der Waals surface area (Å²) in [7, 11) is 0. The normalized spacial score (nSPS) is 11.0. The van der Waals surface area contributed by atoms with Gasteiger partial charge in [0.05, 0.1) is 29.6 Å². The van der Waals surface area contributed by atoms with Gasteiger partial charge in [-0.3, -0.25) is 4.79 Å². The second kappa shape index (κ2) is 9.67. The molecular weight excluding hydrogens is 386 g/mol. The molecule has 154 valence electrons. The molecule has 31 heavy (non-hydrogen) atoms. The van der Waals surface area contributed by atoms with Gasteiger partial charge in [0.15, 0.2) is 0 Å². The predicted molar refractivity (Wildman–Crippen MR) is 124 cm³/mol. The van der Waals surface area contributed by atoms with E-state index < -0.39 is 0 Å². The number of hydrogen-bond donors (Lipinski definition) is 1. The first-order valence-corrected chi connectivity index (χ1v) is 10.3. The van der Waals surface area contributed by atoms with E-state index in [2.05, 4.69) is 17.5 Å². The Kier molecular flexibility index (Phi) is 6.33. The van der Waals surface area contributed by atoms with Crippen molar-refractivity contribution in [3.05, 3.63) is 96.1 Å². The highest BCUT2D eigenvalue weighted by atomic mass is 16.5. The standard InChI is InChI=1S/C26H23N3O2/c1-2-16-31-21-14-12-19(13-15-21)18-27-29-26(30)23-17-25(20-8-4-3-5-9-20)28-24-11-7-6-10-22(23)24/h3-15,17-18H,2,16H2,1H3,(H,29,30). The summed E-state index contributed by atoms with van der Waals surface area (Å²) in [5, 5.41) is 4.92. The first-order valence-electron chi connectivity index (χ1n) is 10.3. The molecule has 5 nitrogen and oxygen atoms in total. The van der Waals surface area contributed by atoms with E-state index in [4.69, 9.17) is 9.72 Å². The van der Waals surface area contributed by atoms with Crippen molar-refractivity contribution in [2.24, 2.45) is 5.10 Å². The lowest BCUT2D eigenvalue weighted by Crippen LogP contribution is -2.18. The molecule has 4 rings (SSSR count). The second-order valence-corrected chi connectivity index (χ2v) is 7.05. The Morgan fingerprint density at radius 1 is 1.00 bits per heavy atom. The van der Waals surface area contributed by atoms with Crippen LogP contribution >= 0.6 is 0 Å². The summed E-state index contributed by atoms with van der Waals surface area (Å²) >= 11 is 0. The number of aromatic nitrogens is 1. The van der Waals surface area contributed by atoms with E-state index in [0.717, 1.165) is 39.9 Å². The summed E-state index contributed by atoms with van der Waals surface area (Å²) in [6, 6.07) is 26.8. The highest BCUT2D eigenvalue weighted by Crippen LogP contribution is 2.24. The number of hydrazone groups is 1. The first-order chi connectivity index (χ1) is 15.2. The van der Waals surface area contributed by atoms with Crippen molar-refractivity contribution in [3.63, 3.8) is 0 Å².